The molecule has 1 aliphatic heterocycles. The van der Waals surface area contributed by atoms with Crippen LogP contribution in [0.5, 0.6) is 0 Å². The number of imidazole rings is 1. The molecule has 0 bridgehead atoms. The van der Waals surface area contributed by atoms with Gasteiger partial charge in [-0.05, 0) is 42.8 Å². The van der Waals surface area contributed by atoms with E-state index in [9.17, 15) is 13.2 Å². The van der Waals surface area contributed by atoms with Crippen LogP contribution in [0.15, 0.2) is 72.0 Å². The van der Waals surface area contributed by atoms with Crippen molar-refractivity contribution >= 4 is 26.8 Å². The van der Waals surface area contributed by atoms with Gasteiger partial charge in [-0.25, -0.2) is 17.4 Å². The lowest BCUT2D eigenvalue weighted by Crippen LogP contribution is -2.35. The van der Waals surface area contributed by atoms with Gasteiger partial charge in [0, 0.05) is 49.6 Å². The van der Waals surface area contributed by atoms with Crippen molar-refractivity contribution in [1.82, 2.24) is 29.0 Å². The van der Waals surface area contributed by atoms with Crippen LogP contribution in [0.2, 0.25) is 0 Å². The number of ketones is 1. The van der Waals surface area contributed by atoms with Crippen molar-refractivity contribution in [3.05, 3.63) is 89.4 Å². The zero-order valence-corrected chi connectivity index (χ0v) is 22.2. The van der Waals surface area contributed by atoms with Gasteiger partial charge in [0.1, 0.15) is 5.69 Å². The summed E-state index contributed by atoms with van der Waals surface area (Å²) in [6.07, 6.45) is 4.39. The first kappa shape index (κ1) is 25.2. The fourth-order valence-corrected chi connectivity index (χ4v) is 5.94. The van der Waals surface area contributed by atoms with Gasteiger partial charge in [-0.15, -0.1) is 0 Å². The number of carbonyl (C=O) groups excluding carboxylic acids is 1. The normalized spacial score (nSPS) is 14.7. The van der Waals surface area contributed by atoms with Crippen molar-refractivity contribution in [2.45, 2.75) is 24.8 Å². The van der Waals surface area contributed by atoms with E-state index < -0.39 is 10.0 Å². The molecule has 2 N–H and O–H groups in total. The molecule has 0 radical (unpaired) electrons. The van der Waals surface area contributed by atoms with Gasteiger partial charge >= 0.3 is 0 Å². The summed E-state index contributed by atoms with van der Waals surface area (Å²) in [7, 11) is -3.79. The number of ether oxygens (including phenoxy) is 1. The summed E-state index contributed by atoms with van der Waals surface area (Å²) in [6.45, 7) is 6.08. The fraction of sp³-hybridized carbons (Fsp3) is 0.250. The number of morpholine rings is 1. The number of fused-ring (bicyclic) bond motifs is 1. The standard InChI is InChI=1S/C28H28N6O4S/c1-19-2-5-23(6-3-19)39(36,37)34-9-8-21(18-34)26(35)15-22-16-29-32-27(22)28-30-24-7-4-20(14-25(24)31-28)17-33-10-12-38-13-11-33/h2-9,14,16,18H,10-13,15,17H2,1H3,(H,29,32)(H,30,31). The van der Waals surface area contributed by atoms with E-state index in [0.29, 0.717) is 22.6 Å². The summed E-state index contributed by atoms with van der Waals surface area (Å²) < 4.78 is 32.5. The number of hydrogen-bond donors (Lipinski definition) is 2. The van der Waals surface area contributed by atoms with Gasteiger partial charge in [-0.1, -0.05) is 23.8 Å². The molecule has 2 aromatic carbocycles. The summed E-state index contributed by atoms with van der Waals surface area (Å²) in [5.41, 5.74) is 5.47. The fourth-order valence-electron chi connectivity index (χ4n) is 4.74. The average molecular weight is 545 g/mol. The van der Waals surface area contributed by atoms with Crippen molar-refractivity contribution in [1.29, 1.82) is 0 Å². The van der Waals surface area contributed by atoms with Gasteiger partial charge in [-0.2, -0.15) is 5.10 Å². The maximum absolute atomic E-state index is 13.1. The number of aryl methyl sites for hydroxylation is 1. The molecular weight excluding hydrogens is 516 g/mol. The molecule has 5 aromatic rings. The summed E-state index contributed by atoms with van der Waals surface area (Å²) >= 11 is 0. The predicted octanol–water partition coefficient (Wildman–Crippen LogP) is 3.56. The van der Waals surface area contributed by atoms with Gasteiger partial charge in [0.15, 0.2) is 11.6 Å². The third kappa shape index (κ3) is 5.16. The van der Waals surface area contributed by atoms with E-state index in [4.69, 9.17) is 9.72 Å². The third-order valence-corrected chi connectivity index (χ3v) is 8.60. The molecule has 200 valence electrons. The van der Waals surface area contributed by atoms with Crippen molar-refractivity contribution in [2.75, 3.05) is 26.3 Å². The Labute approximate surface area is 225 Å². The van der Waals surface area contributed by atoms with Crippen LogP contribution >= 0.6 is 0 Å². The molecule has 0 saturated carbocycles. The molecule has 1 fully saturated rings. The van der Waals surface area contributed by atoms with Crippen LogP contribution in [0.4, 0.5) is 0 Å². The lowest BCUT2D eigenvalue weighted by atomic mass is 10.1. The van der Waals surface area contributed by atoms with Crippen LogP contribution < -0.4 is 0 Å². The van der Waals surface area contributed by atoms with E-state index in [-0.39, 0.29) is 17.1 Å². The predicted molar refractivity (Wildman–Crippen MR) is 146 cm³/mol. The van der Waals surface area contributed by atoms with E-state index in [0.717, 1.165) is 53.4 Å². The number of H-pyrrole nitrogens is 2. The van der Waals surface area contributed by atoms with Gasteiger partial charge in [0.25, 0.3) is 10.0 Å². The van der Waals surface area contributed by atoms with Crippen molar-refractivity contribution in [2.24, 2.45) is 0 Å². The Morgan fingerprint density at radius 2 is 1.87 bits per heavy atom. The van der Waals surface area contributed by atoms with Gasteiger partial charge in [0.05, 0.1) is 35.3 Å². The SMILES string of the molecule is Cc1ccc(S(=O)(=O)n2ccc(C(=O)Cc3cn[nH]c3-c3nc4ccc(CN5CCOCC5)cc4[nH]3)c2)cc1. The molecular formula is C28H28N6O4S. The smallest absolute Gasteiger partial charge is 0.267 e. The molecule has 0 spiro atoms. The zero-order valence-electron chi connectivity index (χ0n) is 21.4. The first-order chi connectivity index (χ1) is 18.9. The monoisotopic (exact) mass is 544 g/mol. The second-order valence-corrected chi connectivity index (χ2v) is 11.6. The summed E-state index contributed by atoms with van der Waals surface area (Å²) in [5, 5.41) is 7.10. The maximum atomic E-state index is 13.1. The largest absolute Gasteiger partial charge is 0.379 e. The molecule has 0 unspecified atom stereocenters. The number of nitrogens with one attached hydrogen (secondary N) is 2. The minimum absolute atomic E-state index is 0.0414. The van der Waals surface area contributed by atoms with Gasteiger partial charge in [-0.3, -0.25) is 14.8 Å². The molecule has 39 heavy (non-hydrogen) atoms. The van der Waals surface area contributed by atoms with Crippen LogP contribution in [-0.2, 0) is 27.7 Å². The Bertz CT molecular complexity index is 1740. The molecule has 3 aromatic heterocycles. The first-order valence-corrected chi connectivity index (χ1v) is 14.2. The Kier molecular flexibility index (Phi) is 6.63. The Morgan fingerprint density at radius 3 is 2.67 bits per heavy atom. The van der Waals surface area contributed by atoms with Crippen LogP contribution in [-0.4, -0.2) is 69.5 Å². The molecule has 6 rings (SSSR count). The van der Waals surface area contributed by atoms with Crippen LogP contribution in [0.1, 0.15) is 27.0 Å². The molecule has 1 saturated heterocycles. The van der Waals surface area contributed by atoms with E-state index in [1.165, 1.54) is 24.0 Å². The number of Topliss-reactive ketones (excluding diaryl/α,β-unsaturated/α-hetero) is 1. The second-order valence-electron chi connectivity index (χ2n) is 9.74. The summed E-state index contributed by atoms with van der Waals surface area (Å²) in [6, 6.07) is 14.3. The van der Waals surface area contributed by atoms with E-state index in [2.05, 4.69) is 32.2 Å². The summed E-state index contributed by atoms with van der Waals surface area (Å²) in [5.74, 6) is 0.368. The number of carbonyl (C=O) groups is 1. The van der Waals surface area contributed by atoms with Crippen LogP contribution in [0, 0.1) is 6.92 Å². The van der Waals surface area contributed by atoms with Gasteiger partial charge in [0.2, 0.25) is 0 Å². The first-order valence-electron chi connectivity index (χ1n) is 12.7. The number of rotatable bonds is 8. The van der Waals surface area contributed by atoms with Gasteiger partial charge < -0.3 is 9.72 Å². The van der Waals surface area contributed by atoms with Crippen molar-refractivity contribution < 1.29 is 17.9 Å². The van der Waals surface area contributed by atoms with E-state index >= 15 is 0 Å². The highest BCUT2D eigenvalue weighted by Crippen LogP contribution is 2.25. The average Bonchev–Trinajstić information content (AvgIpc) is 3.69. The van der Waals surface area contributed by atoms with Crippen molar-refractivity contribution in [3.63, 3.8) is 0 Å². The van der Waals surface area contributed by atoms with Crippen LogP contribution in [0.3, 0.4) is 0 Å². The summed E-state index contributed by atoms with van der Waals surface area (Å²) in [4.78, 5) is 23.7. The Hall–Kier alpha value is -4.06. The number of hydrogen-bond acceptors (Lipinski definition) is 7. The molecule has 0 atom stereocenters. The highest BCUT2D eigenvalue weighted by molar-refractivity contribution is 7.90. The van der Waals surface area contributed by atoms with E-state index in [1.54, 1.807) is 30.5 Å². The number of aromatic amines is 2. The minimum atomic E-state index is -3.79. The number of benzene rings is 2. The molecule has 0 amide bonds. The van der Waals surface area contributed by atoms with E-state index in [1.807, 2.05) is 13.0 Å². The molecule has 11 heteroatoms. The maximum Gasteiger partial charge on any atom is 0.267 e. The number of aromatic nitrogens is 5. The lowest BCUT2D eigenvalue weighted by Gasteiger charge is -2.26. The second kappa shape index (κ2) is 10.3. The zero-order chi connectivity index (χ0) is 27.0. The Morgan fingerprint density at radius 1 is 1.08 bits per heavy atom. The topological polar surface area (TPSA) is 126 Å². The number of nitrogens with zero attached hydrogens (tertiary/aromatic N) is 4. The molecule has 0 aliphatic carbocycles. The lowest BCUT2D eigenvalue weighted by molar-refractivity contribution is 0.0342. The Balaban J connectivity index is 1.19. The molecule has 1 aliphatic rings. The minimum Gasteiger partial charge on any atom is -0.379 e. The third-order valence-electron chi connectivity index (χ3n) is 6.95. The highest BCUT2D eigenvalue weighted by Gasteiger charge is 2.21. The quantitative estimate of drug-likeness (QED) is 0.286. The van der Waals surface area contributed by atoms with Crippen LogP contribution in [0.25, 0.3) is 22.6 Å². The van der Waals surface area contributed by atoms with Crippen molar-refractivity contribution in [3.8, 4) is 11.5 Å². The molecule has 10 nitrogen and oxygen atoms in total. The highest BCUT2D eigenvalue weighted by atomic mass is 32.2. The molecule has 4 heterocycles.